The highest BCUT2D eigenvalue weighted by Crippen LogP contribution is 2.35. The smallest absolute Gasteiger partial charge is 0.165 e. The normalized spacial score (nSPS) is 19.6. The number of carbonyl (C=O) groups excluding carboxylic acids is 1. The maximum Gasteiger partial charge on any atom is 0.165 e. The standard InChI is InChI=1S/C22H28BrClN2OS/c1-16(23)22(19-4-2-3-5-21(19)28)20(27)10-11-25-12-14-26(15-13-25)18-8-6-17(24)7-9-18/h6-9,28H,2-5,10-15H2,1H3/b22-16-. The van der Waals surface area contributed by atoms with Crippen LogP contribution < -0.4 is 4.90 Å². The van der Waals surface area contributed by atoms with E-state index in [4.69, 9.17) is 11.6 Å². The lowest BCUT2D eigenvalue weighted by Crippen LogP contribution is -2.47. The van der Waals surface area contributed by atoms with Gasteiger partial charge in [0.25, 0.3) is 0 Å². The highest BCUT2D eigenvalue weighted by atomic mass is 79.9. The van der Waals surface area contributed by atoms with Gasteiger partial charge in [0.05, 0.1) is 0 Å². The van der Waals surface area contributed by atoms with Crippen LogP contribution in [-0.4, -0.2) is 43.4 Å². The Labute approximate surface area is 187 Å². The predicted octanol–water partition coefficient (Wildman–Crippen LogP) is 5.85. The molecule has 1 heterocycles. The van der Waals surface area contributed by atoms with Crippen LogP contribution in [0, 0.1) is 0 Å². The van der Waals surface area contributed by atoms with Crippen molar-refractivity contribution in [3.8, 4) is 0 Å². The van der Waals surface area contributed by atoms with Crippen molar-refractivity contribution in [1.82, 2.24) is 4.90 Å². The molecule has 1 aliphatic carbocycles. The molecule has 152 valence electrons. The van der Waals surface area contributed by atoms with E-state index >= 15 is 0 Å². The molecule has 0 aromatic heterocycles. The van der Waals surface area contributed by atoms with Crippen LogP contribution in [0.5, 0.6) is 0 Å². The summed E-state index contributed by atoms with van der Waals surface area (Å²) in [7, 11) is 0. The van der Waals surface area contributed by atoms with E-state index < -0.39 is 0 Å². The molecule has 3 rings (SSSR count). The van der Waals surface area contributed by atoms with Crippen molar-refractivity contribution in [2.45, 2.75) is 39.0 Å². The van der Waals surface area contributed by atoms with E-state index in [0.717, 1.165) is 77.5 Å². The number of benzene rings is 1. The summed E-state index contributed by atoms with van der Waals surface area (Å²) in [6, 6.07) is 8.02. The van der Waals surface area contributed by atoms with Crippen LogP contribution in [0.4, 0.5) is 5.69 Å². The SMILES string of the molecule is C/C(Br)=C(/C(=O)CCN1CCN(c2ccc(Cl)cc2)CC1)C1=C(S)CCCC1. The van der Waals surface area contributed by atoms with E-state index in [1.165, 1.54) is 12.1 Å². The van der Waals surface area contributed by atoms with Crippen LogP contribution >= 0.6 is 40.2 Å². The van der Waals surface area contributed by atoms with Crippen molar-refractivity contribution in [2.24, 2.45) is 0 Å². The van der Waals surface area contributed by atoms with E-state index in [1.807, 2.05) is 19.1 Å². The van der Waals surface area contributed by atoms with Gasteiger partial charge in [-0.2, -0.15) is 0 Å². The third-order valence-electron chi connectivity index (χ3n) is 5.58. The first-order valence-electron chi connectivity index (χ1n) is 9.99. The molecule has 2 aliphatic rings. The van der Waals surface area contributed by atoms with Crippen molar-refractivity contribution in [3.63, 3.8) is 0 Å². The second kappa shape index (κ2) is 10.3. The van der Waals surface area contributed by atoms with E-state index in [1.54, 1.807) is 0 Å². The van der Waals surface area contributed by atoms with Crippen molar-refractivity contribution in [1.29, 1.82) is 0 Å². The Morgan fingerprint density at radius 3 is 2.36 bits per heavy atom. The largest absolute Gasteiger partial charge is 0.369 e. The molecule has 0 unspecified atom stereocenters. The van der Waals surface area contributed by atoms with E-state index in [2.05, 4.69) is 50.5 Å². The summed E-state index contributed by atoms with van der Waals surface area (Å²) in [5.41, 5.74) is 3.23. The monoisotopic (exact) mass is 482 g/mol. The molecule has 1 saturated heterocycles. The minimum atomic E-state index is 0.234. The van der Waals surface area contributed by atoms with E-state index in [0.29, 0.717) is 6.42 Å². The first-order chi connectivity index (χ1) is 13.5. The molecule has 0 radical (unpaired) electrons. The molecule has 0 atom stereocenters. The maximum absolute atomic E-state index is 13.0. The zero-order chi connectivity index (χ0) is 20.1. The van der Waals surface area contributed by atoms with E-state index in [-0.39, 0.29) is 5.78 Å². The summed E-state index contributed by atoms with van der Waals surface area (Å²) in [6.45, 7) is 6.68. The molecule has 1 aliphatic heterocycles. The molecule has 0 bridgehead atoms. The van der Waals surface area contributed by atoms with Crippen molar-refractivity contribution in [3.05, 3.63) is 49.8 Å². The van der Waals surface area contributed by atoms with Gasteiger partial charge in [0.1, 0.15) is 0 Å². The van der Waals surface area contributed by atoms with Gasteiger partial charge in [0, 0.05) is 59.9 Å². The topological polar surface area (TPSA) is 23.6 Å². The van der Waals surface area contributed by atoms with Crippen LogP contribution in [-0.2, 0) is 4.79 Å². The van der Waals surface area contributed by atoms with Crippen molar-refractivity contribution in [2.75, 3.05) is 37.6 Å². The fourth-order valence-corrected chi connectivity index (χ4v) is 4.96. The third-order valence-corrected chi connectivity index (χ3v) is 6.72. The second-order valence-corrected chi connectivity index (χ2v) is 9.68. The summed E-state index contributed by atoms with van der Waals surface area (Å²) in [4.78, 5) is 18.8. The molecule has 0 spiro atoms. The number of halogens is 2. The summed E-state index contributed by atoms with van der Waals surface area (Å²) in [6.07, 6.45) is 4.82. The Morgan fingerprint density at radius 2 is 1.75 bits per heavy atom. The molecule has 0 N–H and O–H groups in total. The number of hydrogen-bond acceptors (Lipinski definition) is 4. The summed E-state index contributed by atoms with van der Waals surface area (Å²) >= 11 is 14.2. The molecular weight excluding hydrogens is 456 g/mol. The van der Waals surface area contributed by atoms with E-state index in [9.17, 15) is 4.79 Å². The lowest BCUT2D eigenvalue weighted by atomic mass is 9.90. The minimum absolute atomic E-state index is 0.234. The fourth-order valence-electron chi connectivity index (χ4n) is 3.99. The highest BCUT2D eigenvalue weighted by molar-refractivity contribution is 9.11. The minimum Gasteiger partial charge on any atom is -0.369 e. The predicted molar refractivity (Wildman–Crippen MR) is 126 cm³/mol. The molecular formula is C22H28BrClN2OS. The van der Waals surface area contributed by atoms with Crippen LogP contribution in [0.25, 0.3) is 0 Å². The van der Waals surface area contributed by atoms with Gasteiger partial charge in [-0.05, 0) is 67.4 Å². The Bertz CT molecular complexity index is 763. The molecule has 1 aromatic carbocycles. The van der Waals surface area contributed by atoms with Gasteiger partial charge >= 0.3 is 0 Å². The number of piperazine rings is 1. The molecule has 6 heteroatoms. The molecule has 3 nitrogen and oxygen atoms in total. The fraction of sp³-hybridized carbons (Fsp3) is 0.500. The quantitative estimate of drug-likeness (QED) is 0.406. The van der Waals surface area contributed by atoms with Crippen LogP contribution in [0.15, 0.2) is 44.8 Å². The number of ketones is 1. The summed E-state index contributed by atoms with van der Waals surface area (Å²) in [5.74, 6) is 0.234. The Kier molecular flexibility index (Phi) is 8.10. The number of nitrogens with zero attached hydrogens (tertiary/aromatic N) is 2. The number of Topliss-reactive ketones (excluding diaryl/α,β-unsaturated/α-hetero) is 1. The van der Waals surface area contributed by atoms with Crippen molar-refractivity contribution < 1.29 is 4.79 Å². The Morgan fingerprint density at radius 1 is 1.11 bits per heavy atom. The summed E-state index contributed by atoms with van der Waals surface area (Å²) < 4.78 is 0.938. The zero-order valence-corrected chi connectivity index (χ0v) is 19.6. The van der Waals surface area contributed by atoms with Crippen LogP contribution in [0.2, 0.25) is 5.02 Å². The van der Waals surface area contributed by atoms with Gasteiger partial charge in [-0.3, -0.25) is 9.69 Å². The number of carbonyl (C=O) groups is 1. The highest BCUT2D eigenvalue weighted by Gasteiger charge is 2.23. The first kappa shape index (κ1) is 21.9. The number of rotatable bonds is 6. The number of hydrogen-bond donors (Lipinski definition) is 1. The second-order valence-electron chi connectivity index (χ2n) is 7.52. The Balaban J connectivity index is 1.53. The van der Waals surface area contributed by atoms with Gasteiger partial charge in [-0.1, -0.05) is 27.5 Å². The number of anilines is 1. The molecule has 1 fully saturated rings. The first-order valence-corrected chi connectivity index (χ1v) is 11.6. The molecule has 0 saturated carbocycles. The lowest BCUT2D eigenvalue weighted by molar-refractivity contribution is -0.115. The van der Waals surface area contributed by atoms with Crippen molar-refractivity contribution >= 4 is 51.6 Å². The molecule has 1 aromatic rings. The molecule has 0 amide bonds. The van der Waals surface area contributed by atoms with Gasteiger partial charge in [0.2, 0.25) is 0 Å². The third kappa shape index (κ3) is 5.65. The number of thiol groups is 1. The number of allylic oxidation sites excluding steroid dienone is 4. The average Bonchev–Trinajstić information content (AvgIpc) is 2.69. The average molecular weight is 484 g/mol. The molecule has 28 heavy (non-hydrogen) atoms. The van der Waals surface area contributed by atoms with Gasteiger partial charge in [-0.25, -0.2) is 0 Å². The summed E-state index contributed by atoms with van der Waals surface area (Å²) in [5, 5.41) is 0.768. The maximum atomic E-state index is 13.0. The van der Waals surface area contributed by atoms with Crippen LogP contribution in [0.1, 0.15) is 39.0 Å². The van der Waals surface area contributed by atoms with Gasteiger partial charge in [0.15, 0.2) is 5.78 Å². The van der Waals surface area contributed by atoms with Gasteiger partial charge in [-0.15, -0.1) is 12.6 Å². The van der Waals surface area contributed by atoms with Gasteiger partial charge < -0.3 is 4.90 Å². The zero-order valence-electron chi connectivity index (χ0n) is 16.4. The lowest BCUT2D eigenvalue weighted by Gasteiger charge is -2.36. The Hall–Kier alpha value is -0.750. The van der Waals surface area contributed by atoms with Crippen LogP contribution in [0.3, 0.4) is 0 Å².